The Morgan fingerprint density at radius 2 is 1.79 bits per heavy atom. The molecule has 1 rings (SSSR count). The van der Waals surface area contributed by atoms with Crippen molar-refractivity contribution in [2.45, 2.75) is 70.9 Å². The molecule has 0 radical (unpaired) electrons. The number of rotatable bonds is 7. The lowest BCUT2D eigenvalue weighted by Gasteiger charge is -2.35. The molecule has 0 spiro atoms. The van der Waals surface area contributed by atoms with Crippen LogP contribution in [-0.4, -0.2) is 39.7 Å². The minimum atomic E-state index is -1.70. The highest BCUT2D eigenvalue weighted by atomic mass is 28.4. The quantitative estimate of drug-likeness (QED) is 0.410. The van der Waals surface area contributed by atoms with E-state index < -0.39 is 8.32 Å². The van der Waals surface area contributed by atoms with E-state index in [2.05, 4.69) is 33.9 Å². The molecule has 1 heterocycles. The van der Waals surface area contributed by atoms with Crippen LogP contribution in [0, 0.1) is 0 Å². The molecule has 0 unspecified atom stereocenters. The first kappa shape index (κ1) is 16.7. The highest BCUT2D eigenvalue weighted by Crippen LogP contribution is 2.37. The van der Waals surface area contributed by atoms with Crippen LogP contribution in [-0.2, 0) is 18.7 Å². The highest BCUT2D eigenvalue weighted by molar-refractivity contribution is 6.74. The molecule has 4 nitrogen and oxygen atoms in total. The van der Waals surface area contributed by atoms with E-state index in [1.54, 1.807) is 0 Å². The molecule has 1 aliphatic heterocycles. The molecule has 0 aromatic rings. The highest BCUT2D eigenvalue weighted by Gasteiger charge is 2.44. The molecule has 0 aromatic heterocycles. The molecule has 0 N–H and O–H groups in total. The standard InChI is InChI=1S/C14H28O4Si/c1-7-8-13(15)16-9-11-12(18-11)10-17-19(5,6)14(2,3)4/h11-12H,7-10H2,1-6H3/t11-,12+/m1/s1. The van der Waals surface area contributed by atoms with Crippen molar-refractivity contribution in [3.8, 4) is 0 Å². The number of esters is 1. The van der Waals surface area contributed by atoms with E-state index in [4.69, 9.17) is 13.9 Å². The first-order chi connectivity index (χ1) is 8.67. The van der Waals surface area contributed by atoms with Gasteiger partial charge in [0.1, 0.15) is 18.8 Å². The predicted octanol–water partition coefficient (Wildman–Crippen LogP) is 3.12. The molecule has 0 bridgehead atoms. The van der Waals surface area contributed by atoms with E-state index in [1.807, 2.05) is 6.92 Å². The third-order valence-electron chi connectivity index (χ3n) is 3.96. The number of epoxide rings is 1. The molecular formula is C14H28O4Si. The second-order valence-corrected chi connectivity index (χ2v) is 11.5. The van der Waals surface area contributed by atoms with Crippen molar-refractivity contribution in [1.29, 1.82) is 0 Å². The molecular weight excluding hydrogens is 260 g/mol. The Bertz CT molecular complexity index is 309. The number of hydrogen-bond acceptors (Lipinski definition) is 4. The van der Waals surface area contributed by atoms with Gasteiger partial charge in [0.25, 0.3) is 0 Å². The molecule has 0 saturated carbocycles. The van der Waals surface area contributed by atoms with Crippen molar-refractivity contribution < 1.29 is 18.7 Å². The second-order valence-electron chi connectivity index (χ2n) is 6.72. The van der Waals surface area contributed by atoms with Gasteiger partial charge in [0, 0.05) is 6.42 Å². The largest absolute Gasteiger partial charge is 0.463 e. The van der Waals surface area contributed by atoms with Crippen LogP contribution in [0.25, 0.3) is 0 Å². The van der Waals surface area contributed by atoms with Gasteiger partial charge in [-0.1, -0.05) is 27.7 Å². The number of carbonyl (C=O) groups excluding carboxylic acids is 1. The Morgan fingerprint density at radius 1 is 1.21 bits per heavy atom. The molecule has 112 valence electrons. The van der Waals surface area contributed by atoms with Crippen LogP contribution in [0.3, 0.4) is 0 Å². The summed E-state index contributed by atoms with van der Waals surface area (Å²) in [5.74, 6) is -0.137. The summed E-state index contributed by atoms with van der Waals surface area (Å²) in [5, 5.41) is 0.213. The fourth-order valence-electron chi connectivity index (χ4n) is 1.43. The lowest BCUT2D eigenvalue weighted by molar-refractivity contribution is -0.144. The fourth-order valence-corrected chi connectivity index (χ4v) is 2.44. The number of hydrogen-bond donors (Lipinski definition) is 0. The van der Waals surface area contributed by atoms with Crippen molar-refractivity contribution in [1.82, 2.24) is 0 Å². The van der Waals surface area contributed by atoms with Gasteiger partial charge in [-0.3, -0.25) is 4.79 Å². The minimum Gasteiger partial charge on any atom is -0.463 e. The van der Waals surface area contributed by atoms with Gasteiger partial charge in [0.2, 0.25) is 0 Å². The Hall–Kier alpha value is -0.393. The summed E-state index contributed by atoms with van der Waals surface area (Å²) in [6.45, 7) is 14.1. The summed E-state index contributed by atoms with van der Waals surface area (Å²) in [6.07, 6.45) is 1.44. The molecule has 1 saturated heterocycles. The van der Waals surface area contributed by atoms with Crippen LogP contribution >= 0.6 is 0 Å². The van der Waals surface area contributed by atoms with E-state index in [1.165, 1.54) is 0 Å². The lowest BCUT2D eigenvalue weighted by Crippen LogP contribution is -2.41. The van der Waals surface area contributed by atoms with Gasteiger partial charge < -0.3 is 13.9 Å². The Morgan fingerprint density at radius 3 is 2.32 bits per heavy atom. The fraction of sp³-hybridized carbons (Fsp3) is 0.929. The van der Waals surface area contributed by atoms with Gasteiger partial charge in [0.15, 0.2) is 8.32 Å². The summed E-state index contributed by atoms with van der Waals surface area (Å²) in [4.78, 5) is 11.2. The van der Waals surface area contributed by atoms with Crippen LogP contribution in [0.4, 0.5) is 0 Å². The maximum Gasteiger partial charge on any atom is 0.305 e. The van der Waals surface area contributed by atoms with Crippen molar-refractivity contribution in [2.24, 2.45) is 0 Å². The topological polar surface area (TPSA) is 48.1 Å². The predicted molar refractivity (Wildman–Crippen MR) is 77.7 cm³/mol. The maximum absolute atomic E-state index is 11.2. The average molecular weight is 288 g/mol. The molecule has 1 fully saturated rings. The van der Waals surface area contributed by atoms with Gasteiger partial charge in [-0.05, 0) is 24.6 Å². The van der Waals surface area contributed by atoms with Gasteiger partial charge in [-0.15, -0.1) is 0 Å². The van der Waals surface area contributed by atoms with Gasteiger partial charge in [-0.2, -0.15) is 0 Å². The summed E-state index contributed by atoms with van der Waals surface area (Å²) in [5.41, 5.74) is 0. The summed E-state index contributed by atoms with van der Waals surface area (Å²) in [6, 6.07) is 0. The number of ether oxygens (including phenoxy) is 2. The van der Waals surface area contributed by atoms with E-state index in [0.717, 1.165) is 6.42 Å². The van der Waals surface area contributed by atoms with Gasteiger partial charge >= 0.3 is 5.97 Å². The second kappa shape index (κ2) is 6.37. The number of carbonyl (C=O) groups is 1. The summed E-state index contributed by atoms with van der Waals surface area (Å²) >= 11 is 0. The van der Waals surface area contributed by atoms with Crippen molar-refractivity contribution in [3.63, 3.8) is 0 Å². The third kappa shape index (κ3) is 5.24. The smallest absolute Gasteiger partial charge is 0.305 e. The van der Waals surface area contributed by atoms with Crippen LogP contribution in [0.5, 0.6) is 0 Å². The maximum atomic E-state index is 11.2. The minimum absolute atomic E-state index is 0.0329. The Labute approximate surface area is 117 Å². The van der Waals surface area contributed by atoms with Crippen LogP contribution in [0.15, 0.2) is 0 Å². The zero-order valence-corrected chi connectivity index (χ0v) is 14.1. The molecule has 2 atom stereocenters. The molecule has 19 heavy (non-hydrogen) atoms. The van der Waals surface area contributed by atoms with Crippen molar-refractivity contribution in [2.75, 3.05) is 13.2 Å². The SMILES string of the molecule is CCCC(=O)OC[C@H]1O[C@H]1CO[Si](C)(C)C(C)(C)C. The molecule has 1 aliphatic rings. The summed E-state index contributed by atoms with van der Waals surface area (Å²) in [7, 11) is -1.70. The van der Waals surface area contributed by atoms with E-state index >= 15 is 0 Å². The Kier molecular flexibility index (Phi) is 5.59. The normalized spacial score (nSPS) is 23.3. The monoisotopic (exact) mass is 288 g/mol. The summed E-state index contributed by atoms with van der Waals surface area (Å²) < 4.78 is 16.7. The molecule has 5 heteroatoms. The third-order valence-corrected chi connectivity index (χ3v) is 8.47. The van der Waals surface area contributed by atoms with Crippen molar-refractivity contribution >= 4 is 14.3 Å². The van der Waals surface area contributed by atoms with Gasteiger partial charge in [-0.25, -0.2) is 0 Å². The van der Waals surface area contributed by atoms with Crippen LogP contribution < -0.4 is 0 Å². The van der Waals surface area contributed by atoms with Crippen molar-refractivity contribution in [3.05, 3.63) is 0 Å². The molecule has 0 aromatic carbocycles. The Balaban J connectivity index is 2.19. The van der Waals surface area contributed by atoms with E-state index in [-0.39, 0.29) is 23.2 Å². The average Bonchev–Trinajstić information content (AvgIpc) is 3.01. The van der Waals surface area contributed by atoms with E-state index in [9.17, 15) is 4.79 Å². The molecule has 0 aliphatic carbocycles. The zero-order valence-electron chi connectivity index (χ0n) is 13.1. The molecule has 0 amide bonds. The van der Waals surface area contributed by atoms with Crippen LogP contribution in [0.1, 0.15) is 40.5 Å². The zero-order chi connectivity index (χ0) is 14.7. The first-order valence-corrected chi connectivity index (χ1v) is 10.0. The van der Waals surface area contributed by atoms with Crippen LogP contribution in [0.2, 0.25) is 18.1 Å². The van der Waals surface area contributed by atoms with E-state index in [0.29, 0.717) is 19.6 Å². The van der Waals surface area contributed by atoms with Gasteiger partial charge in [0.05, 0.1) is 6.61 Å². The first-order valence-electron chi connectivity index (χ1n) is 7.12. The lowest BCUT2D eigenvalue weighted by atomic mass is 10.2.